The summed E-state index contributed by atoms with van der Waals surface area (Å²) in [5.74, 6) is 0.716. The van der Waals surface area contributed by atoms with Gasteiger partial charge in [0.15, 0.2) is 0 Å². The van der Waals surface area contributed by atoms with Crippen molar-refractivity contribution < 1.29 is 9.84 Å². The number of ether oxygens (including phenoxy) is 1. The number of hydrogen-bond acceptors (Lipinski definition) is 3. The van der Waals surface area contributed by atoms with Gasteiger partial charge in [0.05, 0.1) is 18.9 Å². The number of aliphatic hydroxyl groups excluding tert-OH is 1. The highest BCUT2D eigenvalue weighted by atomic mass is 16.5. The third-order valence-corrected chi connectivity index (χ3v) is 3.27. The maximum atomic E-state index is 10.4. The van der Waals surface area contributed by atoms with Crippen LogP contribution >= 0.6 is 0 Å². The number of hydrogen-bond donors (Lipinski definition) is 1. The van der Waals surface area contributed by atoms with E-state index < -0.39 is 6.10 Å². The Hall–Kier alpha value is -1.87. The van der Waals surface area contributed by atoms with Crippen molar-refractivity contribution in [3.63, 3.8) is 0 Å². The Kier molecular flexibility index (Phi) is 5.13. The van der Waals surface area contributed by atoms with Crippen molar-refractivity contribution in [3.8, 4) is 5.75 Å². The van der Waals surface area contributed by atoms with E-state index in [0.29, 0.717) is 18.8 Å². The van der Waals surface area contributed by atoms with E-state index in [1.807, 2.05) is 24.3 Å². The predicted molar refractivity (Wildman–Crippen MR) is 79.9 cm³/mol. The fraction of sp³-hybridized carbons (Fsp3) is 0.353. The van der Waals surface area contributed by atoms with Crippen LogP contribution in [-0.4, -0.2) is 16.7 Å². The lowest BCUT2D eigenvalue weighted by Gasteiger charge is -2.13. The van der Waals surface area contributed by atoms with Gasteiger partial charge in [0.1, 0.15) is 5.75 Å². The molecule has 20 heavy (non-hydrogen) atoms. The summed E-state index contributed by atoms with van der Waals surface area (Å²) >= 11 is 0. The molecule has 0 radical (unpaired) electrons. The summed E-state index contributed by atoms with van der Waals surface area (Å²) in [5, 5.41) is 10.4. The number of aryl methyl sites for hydroxylation is 1. The molecule has 0 amide bonds. The second kappa shape index (κ2) is 7.06. The van der Waals surface area contributed by atoms with E-state index >= 15 is 0 Å². The summed E-state index contributed by atoms with van der Waals surface area (Å²) in [5.41, 5.74) is 3.14. The summed E-state index contributed by atoms with van der Waals surface area (Å²) < 4.78 is 5.55. The molecule has 1 unspecified atom stereocenters. The van der Waals surface area contributed by atoms with Crippen LogP contribution < -0.4 is 4.74 Å². The zero-order chi connectivity index (χ0) is 14.4. The number of pyridine rings is 1. The van der Waals surface area contributed by atoms with Crippen LogP contribution in [0.15, 0.2) is 42.7 Å². The van der Waals surface area contributed by atoms with Crippen molar-refractivity contribution in [3.05, 3.63) is 59.4 Å². The molecule has 1 N–H and O–H groups in total. The quantitative estimate of drug-likeness (QED) is 0.875. The molecule has 0 saturated heterocycles. The summed E-state index contributed by atoms with van der Waals surface area (Å²) in [6.07, 6.45) is 4.36. The Labute approximate surface area is 120 Å². The highest BCUT2D eigenvalue weighted by molar-refractivity contribution is 5.30. The van der Waals surface area contributed by atoms with Gasteiger partial charge in [-0.1, -0.05) is 31.2 Å². The van der Waals surface area contributed by atoms with Crippen LogP contribution in [0.25, 0.3) is 0 Å². The standard InChI is InChI=1S/C17H21NO2/c1-3-8-20-16-9-15(11-18-12-16)17(19)10-14-7-5-4-6-13(14)2/h4-7,9,11-12,17,19H,3,8,10H2,1-2H3. The van der Waals surface area contributed by atoms with E-state index in [1.165, 1.54) is 5.56 Å². The zero-order valence-electron chi connectivity index (χ0n) is 12.0. The van der Waals surface area contributed by atoms with Gasteiger partial charge in [-0.05, 0) is 30.5 Å². The van der Waals surface area contributed by atoms with Gasteiger partial charge in [-0.15, -0.1) is 0 Å². The van der Waals surface area contributed by atoms with E-state index in [-0.39, 0.29) is 0 Å². The Morgan fingerprint density at radius 1 is 1.25 bits per heavy atom. The first-order chi connectivity index (χ1) is 9.70. The molecule has 0 aliphatic carbocycles. The van der Waals surface area contributed by atoms with Gasteiger partial charge >= 0.3 is 0 Å². The van der Waals surface area contributed by atoms with Gasteiger partial charge in [0, 0.05) is 18.2 Å². The van der Waals surface area contributed by atoms with E-state index in [9.17, 15) is 5.11 Å². The normalized spacial score (nSPS) is 12.2. The van der Waals surface area contributed by atoms with Gasteiger partial charge in [-0.2, -0.15) is 0 Å². The highest BCUT2D eigenvalue weighted by Crippen LogP contribution is 2.22. The second-order valence-corrected chi connectivity index (χ2v) is 4.95. The number of aromatic nitrogens is 1. The number of nitrogens with zero attached hydrogens (tertiary/aromatic N) is 1. The third kappa shape index (κ3) is 3.81. The van der Waals surface area contributed by atoms with Crippen molar-refractivity contribution in [2.75, 3.05) is 6.61 Å². The van der Waals surface area contributed by atoms with Crippen LogP contribution in [0.1, 0.15) is 36.1 Å². The van der Waals surface area contributed by atoms with Crippen molar-refractivity contribution in [1.82, 2.24) is 4.98 Å². The Morgan fingerprint density at radius 2 is 2.05 bits per heavy atom. The molecule has 1 heterocycles. The molecule has 3 heteroatoms. The summed E-state index contributed by atoms with van der Waals surface area (Å²) in [6, 6.07) is 9.97. The van der Waals surface area contributed by atoms with Crippen LogP contribution in [0, 0.1) is 6.92 Å². The molecule has 0 aliphatic rings. The van der Waals surface area contributed by atoms with Gasteiger partial charge in [0.2, 0.25) is 0 Å². The molecule has 2 rings (SSSR count). The molecular weight excluding hydrogens is 250 g/mol. The molecule has 3 nitrogen and oxygen atoms in total. The monoisotopic (exact) mass is 271 g/mol. The molecule has 0 aliphatic heterocycles. The smallest absolute Gasteiger partial charge is 0.137 e. The van der Waals surface area contributed by atoms with Crippen LogP contribution in [-0.2, 0) is 6.42 Å². The van der Waals surface area contributed by atoms with E-state index in [0.717, 1.165) is 17.5 Å². The number of aliphatic hydroxyl groups is 1. The van der Waals surface area contributed by atoms with Crippen molar-refractivity contribution in [2.45, 2.75) is 32.8 Å². The van der Waals surface area contributed by atoms with E-state index in [2.05, 4.69) is 24.9 Å². The first-order valence-electron chi connectivity index (χ1n) is 7.01. The lowest BCUT2D eigenvalue weighted by atomic mass is 9.99. The summed E-state index contributed by atoms with van der Waals surface area (Å²) in [7, 11) is 0. The van der Waals surface area contributed by atoms with Gasteiger partial charge in [-0.3, -0.25) is 4.98 Å². The average Bonchev–Trinajstić information content (AvgIpc) is 2.48. The Bertz CT molecular complexity index is 554. The minimum absolute atomic E-state index is 0.561. The van der Waals surface area contributed by atoms with Gasteiger partial charge < -0.3 is 9.84 Å². The summed E-state index contributed by atoms with van der Waals surface area (Å²) in [6.45, 7) is 4.78. The molecule has 0 fully saturated rings. The molecule has 1 aromatic carbocycles. The lowest BCUT2D eigenvalue weighted by molar-refractivity contribution is 0.177. The third-order valence-electron chi connectivity index (χ3n) is 3.27. The van der Waals surface area contributed by atoms with Crippen molar-refractivity contribution in [2.24, 2.45) is 0 Å². The van der Waals surface area contributed by atoms with Crippen molar-refractivity contribution in [1.29, 1.82) is 0 Å². The lowest BCUT2D eigenvalue weighted by Crippen LogP contribution is -2.04. The van der Waals surface area contributed by atoms with Crippen LogP contribution in [0.4, 0.5) is 0 Å². The van der Waals surface area contributed by atoms with Gasteiger partial charge in [0.25, 0.3) is 0 Å². The average molecular weight is 271 g/mol. The summed E-state index contributed by atoms with van der Waals surface area (Å²) in [4.78, 5) is 4.14. The maximum Gasteiger partial charge on any atom is 0.137 e. The second-order valence-electron chi connectivity index (χ2n) is 4.95. The maximum absolute atomic E-state index is 10.4. The minimum Gasteiger partial charge on any atom is -0.492 e. The molecule has 106 valence electrons. The number of rotatable bonds is 6. The van der Waals surface area contributed by atoms with Crippen LogP contribution in [0.2, 0.25) is 0 Å². The van der Waals surface area contributed by atoms with E-state index in [1.54, 1.807) is 12.4 Å². The SMILES string of the molecule is CCCOc1cncc(C(O)Cc2ccccc2C)c1. The molecule has 2 aromatic rings. The highest BCUT2D eigenvalue weighted by Gasteiger charge is 2.11. The Balaban J connectivity index is 2.09. The minimum atomic E-state index is -0.561. The fourth-order valence-electron chi connectivity index (χ4n) is 2.08. The number of benzene rings is 1. The predicted octanol–water partition coefficient (Wildman–Crippen LogP) is 3.45. The Morgan fingerprint density at radius 3 is 2.80 bits per heavy atom. The van der Waals surface area contributed by atoms with Gasteiger partial charge in [-0.25, -0.2) is 0 Å². The largest absolute Gasteiger partial charge is 0.492 e. The molecule has 0 bridgehead atoms. The molecule has 1 atom stereocenters. The molecular formula is C17H21NO2. The zero-order valence-corrected chi connectivity index (χ0v) is 12.0. The fourth-order valence-corrected chi connectivity index (χ4v) is 2.08. The van der Waals surface area contributed by atoms with Crippen LogP contribution in [0.5, 0.6) is 5.75 Å². The van der Waals surface area contributed by atoms with Crippen LogP contribution in [0.3, 0.4) is 0 Å². The first kappa shape index (κ1) is 14.5. The van der Waals surface area contributed by atoms with Crippen molar-refractivity contribution >= 4 is 0 Å². The molecule has 1 aromatic heterocycles. The topological polar surface area (TPSA) is 42.4 Å². The van der Waals surface area contributed by atoms with E-state index in [4.69, 9.17) is 4.74 Å². The molecule has 0 saturated carbocycles. The molecule has 0 spiro atoms. The first-order valence-corrected chi connectivity index (χ1v) is 7.01.